The van der Waals surface area contributed by atoms with Crippen molar-refractivity contribution in [2.45, 2.75) is 51.0 Å². The summed E-state index contributed by atoms with van der Waals surface area (Å²) in [6.07, 6.45) is -5.73. The Balaban J connectivity index is 1.92. The smallest absolute Gasteiger partial charge is 0.405 e. The molecule has 1 aliphatic rings. The van der Waals surface area contributed by atoms with Gasteiger partial charge < -0.3 is 39.5 Å². The molecular weight excluding hydrogens is 412 g/mol. The maximum atomic E-state index is 12.1. The predicted octanol–water partition coefficient (Wildman–Crippen LogP) is 1.10. The summed E-state index contributed by atoms with van der Waals surface area (Å²) in [5, 5.41) is 13.6. The van der Waals surface area contributed by atoms with Gasteiger partial charge in [-0.25, -0.2) is 9.59 Å². The van der Waals surface area contributed by atoms with E-state index in [9.17, 15) is 19.5 Å². The molecule has 11 nitrogen and oxygen atoms in total. The Kier molecular flexibility index (Phi) is 6.20. The van der Waals surface area contributed by atoms with Crippen LogP contribution in [0.5, 0.6) is 5.75 Å². The number of nitrogens with two attached hydrogens (primary N) is 1. The molecule has 0 aliphatic carbocycles. The number of methoxy groups -OCH3 is 1. The number of benzene rings is 1. The van der Waals surface area contributed by atoms with E-state index in [2.05, 4.69) is 5.32 Å². The van der Waals surface area contributed by atoms with E-state index in [-0.39, 0.29) is 17.0 Å². The molecule has 1 aromatic carbocycles. The first-order valence-electron chi connectivity index (χ1n) is 9.38. The van der Waals surface area contributed by atoms with Gasteiger partial charge in [-0.15, -0.1) is 0 Å². The van der Waals surface area contributed by atoms with Crippen molar-refractivity contribution in [1.29, 1.82) is 0 Å². The summed E-state index contributed by atoms with van der Waals surface area (Å²) in [6, 6.07) is 6.07. The van der Waals surface area contributed by atoms with E-state index in [1.807, 2.05) is 0 Å². The molecule has 0 radical (unpaired) electrons. The van der Waals surface area contributed by atoms with Gasteiger partial charge in [0.2, 0.25) is 12.2 Å². The van der Waals surface area contributed by atoms with Crippen LogP contribution in [0.15, 0.2) is 33.5 Å². The van der Waals surface area contributed by atoms with E-state index < -0.39 is 47.8 Å². The zero-order valence-corrected chi connectivity index (χ0v) is 17.4. The number of aliphatic hydroxyl groups excluding tert-OH is 1. The number of hydrogen-bond donors (Lipinski definition) is 3. The first-order chi connectivity index (χ1) is 14.5. The molecule has 11 heteroatoms. The maximum absolute atomic E-state index is 12.1. The largest absolute Gasteiger partial charge is 0.461 e. The van der Waals surface area contributed by atoms with Gasteiger partial charge in [0.15, 0.2) is 6.10 Å². The van der Waals surface area contributed by atoms with Gasteiger partial charge in [-0.05, 0) is 32.0 Å². The van der Waals surface area contributed by atoms with Crippen LogP contribution < -0.4 is 21.4 Å². The van der Waals surface area contributed by atoms with E-state index in [4.69, 9.17) is 29.1 Å². The SMILES string of the molecule is CO[C@@H]1[C@H](O)[C@@H](OC(N)=O)[C@H](Oc2ccc3cc(NC(C)=O)c(=O)oc3c2)OC1(C)C. The van der Waals surface area contributed by atoms with Gasteiger partial charge in [0.1, 0.15) is 29.2 Å². The number of ether oxygens (including phenoxy) is 4. The molecule has 0 unspecified atom stereocenters. The van der Waals surface area contributed by atoms with Crippen molar-refractivity contribution in [2.24, 2.45) is 5.73 Å². The first-order valence-corrected chi connectivity index (χ1v) is 9.38. The molecule has 1 saturated heterocycles. The molecule has 0 bridgehead atoms. The molecule has 1 aliphatic heterocycles. The number of anilines is 1. The fourth-order valence-corrected chi connectivity index (χ4v) is 3.53. The Morgan fingerprint density at radius 3 is 2.58 bits per heavy atom. The summed E-state index contributed by atoms with van der Waals surface area (Å²) >= 11 is 0. The van der Waals surface area contributed by atoms with Crippen LogP contribution in [0, 0.1) is 0 Å². The number of rotatable bonds is 5. The molecule has 4 atom stereocenters. The van der Waals surface area contributed by atoms with E-state index in [1.165, 1.54) is 26.2 Å². The lowest BCUT2D eigenvalue weighted by Gasteiger charge is -2.47. The second kappa shape index (κ2) is 8.53. The molecule has 1 fully saturated rings. The van der Waals surface area contributed by atoms with Crippen LogP contribution in [-0.2, 0) is 19.0 Å². The molecule has 0 saturated carbocycles. The van der Waals surface area contributed by atoms with Crippen LogP contribution >= 0.6 is 0 Å². The standard InChI is InChI=1S/C20H24N2O9/c1-9(23)22-12-7-10-5-6-11(8-13(10)29-17(12)25)28-18-15(30-19(21)26)14(24)16(27-4)20(2,3)31-18/h5-8,14-16,18,24H,1-4H3,(H2,21,26)(H,22,23)/t14-,15-,16-,18-/m1/s1. The van der Waals surface area contributed by atoms with Crippen LogP contribution in [0.25, 0.3) is 11.0 Å². The number of carbonyl (C=O) groups excluding carboxylic acids is 2. The highest BCUT2D eigenvalue weighted by molar-refractivity contribution is 5.91. The van der Waals surface area contributed by atoms with E-state index >= 15 is 0 Å². The van der Waals surface area contributed by atoms with Crippen LogP contribution in [0.1, 0.15) is 20.8 Å². The van der Waals surface area contributed by atoms with Crippen LogP contribution in [0.2, 0.25) is 0 Å². The van der Waals surface area contributed by atoms with Crippen molar-refractivity contribution >= 4 is 28.7 Å². The molecule has 3 rings (SSSR count). The molecule has 4 N–H and O–H groups in total. The summed E-state index contributed by atoms with van der Waals surface area (Å²) < 4.78 is 27.3. The highest BCUT2D eigenvalue weighted by Gasteiger charge is 2.52. The zero-order valence-electron chi connectivity index (χ0n) is 17.4. The Bertz CT molecular complexity index is 1050. The van der Waals surface area contributed by atoms with E-state index in [0.717, 1.165) is 0 Å². The molecule has 168 valence electrons. The van der Waals surface area contributed by atoms with Crippen molar-refractivity contribution in [1.82, 2.24) is 0 Å². The monoisotopic (exact) mass is 436 g/mol. The Hall–Kier alpha value is -3.15. The minimum Gasteiger partial charge on any atom is -0.461 e. The average Bonchev–Trinajstić information content (AvgIpc) is 2.65. The fraction of sp³-hybridized carbons (Fsp3) is 0.450. The minimum atomic E-state index is -1.29. The molecule has 1 aromatic heterocycles. The molecule has 0 spiro atoms. The Morgan fingerprint density at radius 2 is 1.97 bits per heavy atom. The topological polar surface area (TPSA) is 160 Å². The summed E-state index contributed by atoms with van der Waals surface area (Å²) in [5.41, 5.74) is 3.60. The van der Waals surface area contributed by atoms with Crippen LogP contribution in [0.4, 0.5) is 10.5 Å². The highest BCUT2D eigenvalue weighted by atomic mass is 16.7. The fourth-order valence-electron chi connectivity index (χ4n) is 3.53. The minimum absolute atomic E-state index is 0.00897. The summed E-state index contributed by atoms with van der Waals surface area (Å²) in [5.74, 6) is -0.193. The lowest BCUT2D eigenvalue weighted by molar-refractivity contribution is -0.304. The van der Waals surface area contributed by atoms with Gasteiger partial charge in [0.25, 0.3) is 0 Å². The third kappa shape index (κ3) is 4.79. The molecular formula is C20H24N2O9. The Labute approximate surface area is 177 Å². The maximum Gasteiger partial charge on any atom is 0.405 e. The van der Waals surface area contributed by atoms with Gasteiger partial charge in [-0.2, -0.15) is 0 Å². The van der Waals surface area contributed by atoms with Crippen LogP contribution in [0.3, 0.4) is 0 Å². The van der Waals surface area contributed by atoms with Crippen molar-refractivity contribution < 1.29 is 38.1 Å². The molecule has 2 amide bonds. The molecule has 31 heavy (non-hydrogen) atoms. The number of nitrogens with one attached hydrogen (secondary N) is 1. The van der Waals surface area contributed by atoms with Crippen molar-refractivity contribution in [3.05, 3.63) is 34.7 Å². The number of primary amides is 1. The Morgan fingerprint density at radius 1 is 1.26 bits per heavy atom. The lowest BCUT2D eigenvalue weighted by Crippen LogP contribution is -2.65. The van der Waals surface area contributed by atoms with E-state index in [1.54, 1.807) is 26.0 Å². The van der Waals surface area contributed by atoms with Gasteiger partial charge in [-0.1, -0.05) is 0 Å². The number of fused-ring (bicyclic) bond motifs is 1. The average molecular weight is 436 g/mol. The van der Waals surface area contributed by atoms with Gasteiger partial charge >= 0.3 is 11.7 Å². The first kappa shape index (κ1) is 22.5. The van der Waals surface area contributed by atoms with Crippen molar-refractivity contribution in [2.75, 3.05) is 12.4 Å². The lowest BCUT2D eigenvalue weighted by atomic mass is 9.89. The number of amides is 2. The van der Waals surface area contributed by atoms with Crippen molar-refractivity contribution in [3.63, 3.8) is 0 Å². The highest BCUT2D eigenvalue weighted by Crippen LogP contribution is 2.34. The number of aliphatic hydroxyl groups is 1. The second-order valence-electron chi connectivity index (χ2n) is 7.58. The molecule has 2 aromatic rings. The summed E-state index contributed by atoms with van der Waals surface area (Å²) in [6.45, 7) is 4.65. The third-order valence-corrected chi connectivity index (χ3v) is 4.80. The van der Waals surface area contributed by atoms with Crippen molar-refractivity contribution in [3.8, 4) is 5.75 Å². The second-order valence-corrected chi connectivity index (χ2v) is 7.58. The van der Waals surface area contributed by atoms with Gasteiger partial charge in [0, 0.05) is 25.5 Å². The van der Waals surface area contributed by atoms with Gasteiger partial charge in [-0.3, -0.25) is 4.79 Å². The normalized spacial score (nSPS) is 25.1. The predicted molar refractivity (Wildman–Crippen MR) is 108 cm³/mol. The number of carbonyl (C=O) groups is 2. The number of hydrogen-bond acceptors (Lipinski definition) is 9. The molecule has 2 heterocycles. The third-order valence-electron chi connectivity index (χ3n) is 4.80. The quantitative estimate of drug-likeness (QED) is 0.583. The van der Waals surface area contributed by atoms with Gasteiger partial charge in [0.05, 0.1) is 5.60 Å². The van der Waals surface area contributed by atoms with E-state index in [0.29, 0.717) is 5.39 Å². The summed E-state index contributed by atoms with van der Waals surface area (Å²) in [7, 11) is 1.39. The summed E-state index contributed by atoms with van der Waals surface area (Å²) in [4.78, 5) is 34.6. The zero-order chi connectivity index (χ0) is 22.9. The van der Waals surface area contributed by atoms with Crippen LogP contribution in [-0.4, -0.2) is 54.4 Å².